The number of carbonyl (C=O) groups is 1. The molecule has 102 valence electrons. The molecule has 2 rings (SSSR count). The molecular weight excluding hydrogens is 262 g/mol. The van der Waals surface area contributed by atoms with Crippen molar-refractivity contribution < 1.29 is 9.72 Å². The van der Waals surface area contributed by atoms with Crippen LogP contribution in [0.1, 0.15) is 15.9 Å². The van der Waals surface area contributed by atoms with E-state index in [9.17, 15) is 14.9 Å². The zero-order chi connectivity index (χ0) is 14.7. The molecule has 3 N–H and O–H groups in total. The van der Waals surface area contributed by atoms with Crippen molar-refractivity contribution in [3.63, 3.8) is 0 Å². The number of pyridine rings is 2. The number of hydrogen-bond donors (Lipinski definition) is 2. The Morgan fingerprint density at radius 1 is 1.35 bits per heavy atom. The molecule has 0 aromatic carbocycles. The zero-order valence-electron chi connectivity index (χ0n) is 10.5. The first-order chi connectivity index (χ1) is 9.47. The Kier molecular flexibility index (Phi) is 3.56. The Bertz CT molecular complexity index is 687. The van der Waals surface area contributed by atoms with E-state index >= 15 is 0 Å². The molecule has 1 amide bonds. The second kappa shape index (κ2) is 5.31. The number of nitrogens with two attached hydrogens (primary N) is 1. The summed E-state index contributed by atoms with van der Waals surface area (Å²) in [5.74, 6) is -0.610. The number of amides is 1. The van der Waals surface area contributed by atoms with Gasteiger partial charge in [-0.25, -0.2) is 4.98 Å². The van der Waals surface area contributed by atoms with Gasteiger partial charge in [0, 0.05) is 6.20 Å². The summed E-state index contributed by atoms with van der Waals surface area (Å²) >= 11 is 0. The maximum Gasteiger partial charge on any atom is 0.300 e. The second-order valence-electron chi connectivity index (χ2n) is 4.09. The van der Waals surface area contributed by atoms with E-state index in [4.69, 9.17) is 5.73 Å². The first-order valence-electron chi connectivity index (χ1n) is 5.60. The van der Waals surface area contributed by atoms with E-state index in [-0.39, 0.29) is 11.4 Å². The lowest BCUT2D eigenvalue weighted by Gasteiger charge is -2.06. The van der Waals surface area contributed by atoms with E-state index in [1.54, 1.807) is 12.3 Å². The molecule has 2 heterocycles. The predicted molar refractivity (Wildman–Crippen MR) is 72.2 cm³/mol. The molecule has 0 radical (unpaired) electrons. The van der Waals surface area contributed by atoms with Gasteiger partial charge in [-0.15, -0.1) is 0 Å². The summed E-state index contributed by atoms with van der Waals surface area (Å²) in [7, 11) is 0. The van der Waals surface area contributed by atoms with Crippen LogP contribution >= 0.6 is 0 Å². The highest BCUT2D eigenvalue weighted by atomic mass is 16.6. The molecule has 0 saturated carbocycles. The third-order valence-corrected chi connectivity index (χ3v) is 2.48. The molecule has 0 aliphatic carbocycles. The minimum atomic E-state index is -0.685. The van der Waals surface area contributed by atoms with Gasteiger partial charge < -0.3 is 11.1 Å². The van der Waals surface area contributed by atoms with Crippen molar-refractivity contribution in [1.82, 2.24) is 9.97 Å². The van der Waals surface area contributed by atoms with E-state index in [0.717, 1.165) is 17.8 Å². The lowest BCUT2D eigenvalue weighted by atomic mass is 10.2. The van der Waals surface area contributed by atoms with Gasteiger partial charge in [-0.2, -0.15) is 0 Å². The highest BCUT2D eigenvalue weighted by molar-refractivity contribution is 6.07. The Balaban J connectivity index is 2.34. The quantitative estimate of drug-likeness (QED) is 0.645. The third-order valence-electron chi connectivity index (χ3n) is 2.48. The maximum atomic E-state index is 12.1. The van der Waals surface area contributed by atoms with Crippen molar-refractivity contribution in [3.05, 3.63) is 52.0 Å². The number of anilines is 2. The molecule has 8 nitrogen and oxygen atoms in total. The molecule has 0 unspecified atom stereocenters. The third kappa shape index (κ3) is 2.86. The van der Waals surface area contributed by atoms with E-state index in [1.165, 1.54) is 6.20 Å². The van der Waals surface area contributed by atoms with Crippen molar-refractivity contribution >= 4 is 23.1 Å². The lowest BCUT2D eigenvalue weighted by molar-refractivity contribution is -0.385. The number of nitrogens with zero attached hydrogens (tertiary/aromatic N) is 3. The van der Waals surface area contributed by atoms with Gasteiger partial charge >= 0.3 is 0 Å². The average Bonchev–Trinajstić information content (AvgIpc) is 2.38. The summed E-state index contributed by atoms with van der Waals surface area (Å²) in [4.78, 5) is 29.8. The molecule has 0 atom stereocenters. The summed E-state index contributed by atoms with van der Waals surface area (Å²) in [6, 6.07) is 2.86. The van der Waals surface area contributed by atoms with Gasteiger partial charge in [0.25, 0.3) is 11.6 Å². The number of carbonyl (C=O) groups excluding carboxylic acids is 1. The molecule has 0 saturated heterocycles. The van der Waals surface area contributed by atoms with Crippen LogP contribution in [0.3, 0.4) is 0 Å². The van der Waals surface area contributed by atoms with Crippen LogP contribution in [0.5, 0.6) is 0 Å². The molecule has 0 aliphatic rings. The highest BCUT2D eigenvalue weighted by Crippen LogP contribution is 2.20. The van der Waals surface area contributed by atoms with Gasteiger partial charge in [0.05, 0.1) is 16.8 Å². The molecule has 20 heavy (non-hydrogen) atoms. The summed E-state index contributed by atoms with van der Waals surface area (Å²) < 4.78 is 0. The monoisotopic (exact) mass is 273 g/mol. The van der Waals surface area contributed by atoms with Crippen molar-refractivity contribution in [2.24, 2.45) is 0 Å². The molecule has 0 fully saturated rings. The maximum absolute atomic E-state index is 12.1. The van der Waals surface area contributed by atoms with Crippen molar-refractivity contribution in [3.8, 4) is 0 Å². The van der Waals surface area contributed by atoms with Crippen LogP contribution in [0.15, 0.2) is 30.7 Å². The van der Waals surface area contributed by atoms with E-state index < -0.39 is 16.5 Å². The minimum Gasteiger partial charge on any atom is -0.384 e. The summed E-state index contributed by atoms with van der Waals surface area (Å²) in [5.41, 5.74) is 6.20. The summed E-state index contributed by atoms with van der Waals surface area (Å²) in [6.07, 6.45) is 4.03. The van der Waals surface area contributed by atoms with Crippen LogP contribution in [0, 0.1) is 17.0 Å². The number of hydrogen-bond acceptors (Lipinski definition) is 6. The molecular formula is C12H11N5O3. The fraction of sp³-hybridized carbons (Fsp3) is 0.0833. The van der Waals surface area contributed by atoms with Crippen LogP contribution in [0.25, 0.3) is 0 Å². The largest absolute Gasteiger partial charge is 0.384 e. The summed E-state index contributed by atoms with van der Waals surface area (Å²) in [6.45, 7) is 1.82. The average molecular weight is 273 g/mol. The highest BCUT2D eigenvalue weighted by Gasteiger charge is 2.21. The van der Waals surface area contributed by atoms with Crippen LogP contribution in [0.4, 0.5) is 17.2 Å². The standard InChI is InChI=1S/C12H11N5O3/c1-7-2-8(5-14-4-7)16-12(18)9-3-11(13)15-6-10(9)17(19)20/h2-6H,1H3,(H2,13,15)(H,16,18). The topological polar surface area (TPSA) is 124 Å². The molecule has 8 heteroatoms. The molecule has 0 bridgehead atoms. The zero-order valence-corrected chi connectivity index (χ0v) is 10.5. The Labute approximate surface area is 113 Å². The van der Waals surface area contributed by atoms with Crippen molar-refractivity contribution in [1.29, 1.82) is 0 Å². The normalized spacial score (nSPS) is 10.1. The number of nitro groups is 1. The van der Waals surface area contributed by atoms with Crippen LogP contribution in [0.2, 0.25) is 0 Å². The number of rotatable bonds is 3. The smallest absolute Gasteiger partial charge is 0.300 e. The number of nitrogens with one attached hydrogen (secondary N) is 1. The minimum absolute atomic E-state index is 0.0307. The van der Waals surface area contributed by atoms with Gasteiger partial charge in [-0.05, 0) is 24.6 Å². The molecule has 2 aromatic rings. The summed E-state index contributed by atoms with van der Waals surface area (Å²) in [5, 5.41) is 13.4. The van der Waals surface area contributed by atoms with Crippen molar-refractivity contribution in [2.45, 2.75) is 6.92 Å². The fourth-order valence-electron chi connectivity index (χ4n) is 1.61. The van der Waals surface area contributed by atoms with E-state index in [1.807, 2.05) is 6.92 Å². The van der Waals surface area contributed by atoms with E-state index in [0.29, 0.717) is 5.69 Å². The van der Waals surface area contributed by atoms with Gasteiger partial charge in [0.2, 0.25) is 0 Å². The fourth-order valence-corrected chi connectivity index (χ4v) is 1.61. The predicted octanol–water partition coefficient (Wildman–Crippen LogP) is 1.53. The van der Waals surface area contributed by atoms with Gasteiger partial charge in [0.15, 0.2) is 0 Å². The first kappa shape index (κ1) is 13.4. The van der Waals surface area contributed by atoms with Gasteiger partial charge in [0.1, 0.15) is 17.6 Å². The molecule has 2 aromatic heterocycles. The lowest BCUT2D eigenvalue weighted by Crippen LogP contribution is -2.15. The second-order valence-corrected chi connectivity index (χ2v) is 4.09. The molecule has 0 aliphatic heterocycles. The Hall–Kier alpha value is -3.03. The number of aromatic nitrogens is 2. The first-order valence-corrected chi connectivity index (χ1v) is 5.60. The number of nitrogen functional groups attached to an aromatic ring is 1. The van der Waals surface area contributed by atoms with Crippen molar-refractivity contribution in [2.75, 3.05) is 11.1 Å². The van der Waals surface area contributed by atoms with Crippen LogP contribution < -0.4 is 11.1 Å². The molecule has 0 spiro atoms. The Morgan fingerprint density at radius 3 is 2.75 bits per heavy atom. The SMILES string of the molecule is Cc1cncc(NC(=O)c2cc(N)ncc2[N+](=O)[O-])c1. The van der Waals surface area contributed by atoms with Crippen LogP contribution in [-0.4, -0.2) is 20.8 Å². The Morgan fingerprint density at radius 2 is 2.10 bits per heavy atom. The van der Waals surface area contributed by atoms with Crippen LogP contribution in [-0.2, 0) is 0 Å². The van der Waals surface area contributed by atoms with E-state index in [2.05, 4.69) is 15.3 Å². The van der Waals surface area contributed by atoms with Gasteiger partial charge in [-0.3, -0.25) is 19.9 Å². The number of aryl methyl sites for hydroxylation is 1. The van der Waals surface area contributed by atoms with Gasteiger partial charge in [-0.1, -0.05) is 0 Å².